The summed E-state index contributed by atoms with van der Waals surface area (Å²) in [5.41, 5.74) is 1.00. The molecule has 2 aliphatic heterocycles. The highest BCUT2D eigenvalue weighted by Gasteiger charge is 2.42. The van der Waals surface area contributed by atoms with Crippen LogP contribution in [-0.4, -0.2) is 26.4 Å². The van der Waals surface area contributed by atoms with Crippen molar-refractivity contribution in [2.45, 2.75) is 5.54 Å². The molecule has 3 rings (SSSR count). The number of hydrogen-bond acceptors (Lipinski definition) is 3. The highest BCUT2D eigenvalue weighted by molar-refractivity contribution is 6.30. The van der Waals surface area contributed by atoms with E-state index < -0.39 is 0 Å². The van der Waals surface area contributed by atoms with Gasteiger partial charge in [0, 0.05) is 17.1 Å². The summed E-state index contributed by atoms with van der Waals surface area (Å²) in [6.07, 6.45) is 0. The lowest BCUT2D eigenvalue weighted by atomic mass is 9.92. The van der Waals surface area contributed by atoms with Crippen molar-refractivity contribution >= 4 is 11.6 Å². The van der Waals surface area contributed by atoms with E-state index >= 15 is 0 Å². The van der Waals surface area contributed by atoms with Crippen LogP contribution in [0.5, 0.6) is 5.75 Å². The molecule has 0 unspecified atom stereocenters. The monoisotopic (exact) mass is 225 g/mol. The van der Waals surface area contributed by atoms with Gasteiger partial charge in [-0.2, -0.15) is 0 Å². The van der Waals surface area contributed by atoms with Crippen LogP contribution in [0.2, 0.25) is 5.02 Å². The first kappa shape index (κ1) is 9.46. The maximum Gasteiger partial charge on any atom is 0.126 e. The Morgan fingerprint density at radius 1 is 1.33 bits per heavy atom. The summed E-state index contributed by atoms with van der Waals surface area (Å²) in [6, 6.07) is 5.78. The van der Waals surface area contributed by atoms with Crippen molar-refractivity contribution in [2.75, 3.05) is 26.4 Å². The zero-order valence-corrected chi connectivity index (χ0v) is 9.01. The zero-order chi connectivity index (χ0) is 10.3. The van der Waals surface area contributed by atoms with Crippen molar-refractivity contribution in [3.8, 4) is 5.75 Å². The minimum Gasteiger partial charge on any atom is -0.491 e. The average molecular weight is 226 g/mol. The van der Waals surface area contributed by atoms with Crippen LogP contribution in [0.15, 0.2) is 18.2 Å². The molecular formula is C11H12ClNO2. The van der Waals surface area contributed by atoms with E-state index in [9.17, 15) is 0 Å². The molecule has 3 nitrogen and oxygen atoms in total. The number of morpholine rings is 1. The third-order valence-electron chi connectivity index (χ3n) is 2.99. The van der Waals surface area contributed by atoms with E-state index in [2.05, 4.69) is 5.32 Å². The van der Waals surface area contributed by atoms with Crippen molar-refractivity contribution < 1.29 is 9.47 Å². The average Bonchev–Trinajstić information content (AvgIpc) is 2.58. The van der Waals surface area contributed by atoms with Crippen molar-refractivity contribution in [2.24, 2.45) is 0 Å². The van der Waals surface area contributed by atoms with Gasteiger partial charge in [0.25, 0.3) is 0 Å². The Balaban J connectivity index is 2.03. The third kappa shape index (κ3) is 1.42. The minimum atomic E-state index is -0.155. The maximum absolute atomic E-state index is 5.92. The molecule has 15 heavy (non-hydrogen) atoms. The lowest BCUT2D eigenvalue weighted by molar-refractivity contribution is 0.0160. The molecule has 4 heteroatoms. The first-order valence-electron chi connectivity index (χ1n) is 5.06. The zero-order valence-electron chi connectivity index (χ0n) is 8.25. The molecule has 2 aliphatic rings. The van der Waals surface area contributed by atoms with Gasteiger partial charge in [0.2, 0.25) is 0 Å². The summed E-state index contributed by atoms with van der Waals surface area (Å²) in [7, 11) is 0. The maximum atomic E-state index is 5.92. The summed E-state index contributed by atoms with van der Waals surface area (Å²) in [5.74, 6) is 0.875. The van der Waals surface area contributed by atoms with Crippen molar-refractivity contribution in [3.63, 3.8) is 0 Å². The van der Waals surface area contributed by atoms with Crippen LogP contribution in [0.3, 0.4) is 0 Å². The Labute approximate surface area is 93.3 Å². The van der Waals surface area contributed by atoms with Crippen molar-refractivity contribution in [1.82, 2.24) is 5.32 Å². The molecular weight excluding hydrogens is 214 g/mol. The van der Waals surface area contributed by atoms with E-state index in [-0.39, 0.29) is 5.54 Å². The highest BCUT2D eigenvalue weighted by Crippen LogP contribution is 2.39. The molecule has 1 N–H and O–H groups in total. The molecule has 0 radical (unpaired) electrons. The Morgan fingerprint density at radius 2 is 2.27 bits per heavy atom. The molecule has 1 aromatic rings. The molecule has 1 fully saturated rings. The fraction of sp³-hybridized carbons (Fsp3) is 0.455. The Morgan fingerprint density at radius 3 is 3.07 bits per heavy atom. The third-order valence-corrected chi connectivity index (χ3v) is 3.23. The van der Waals surface area contributed by atoms with E-state index in [1.807, 2.05) is 18.2 Å². The van der Waals surface area contributed by atoms with Crippen molar-refractivity contribution in [1.29, 1.82) is 0 Å². The van der Waals surface area contributed by atoms with Crippen LogP contribution in [0.4, 0.5) is 0 Å². The van der Waals surface area contributed by atoms with E-state index in [4.69, 9.17) is 21.1 Å². The number of ether oxygens (including phenoxy) is 2. The smallest absolute Gasteiger partial charge is 0.126 e. The molecule has 0 aromatic heterocycles. The topological polar surface area (TPSA) is 30.5 Å². The summed E-state index contributed by atoms with van der Waals surface area (Å²) in [4.78, 5) is 0. The van der Waals surface area contributed by atoms with Crippen LogP contribution in [-0.2, 0) is 10.3 Å². The first-order chi connectivity index (χ1) is 7.30. The summed E-state index contributed by atoms with van der Waals surface area (Å²) < 4.78 is 11.2. The Bertz CT molecular complexity index is 388. The minimum absolute atomic E-state index is 0.155. The number of nitrogens with one attached hydrogen (secondary N) is 1. The number of benzene rings is 1. The number of halogens is 1. The van der Waals surface area contributed by atoms with E-state index in [1.165, 1.54) is 0 Å². The van der Waals surface area contributed by atoms with Crippen molar-refractivity contribution in [3.05, 3.63) is 28.8 Å². The Kier molecular flexibility index (Phi) is 2.12. The lowest BCUT2D eigenvalue weighted by Crippen LogP contribution is -2.52. The van der Waals surface area contributed by atoms with Gasteiger partial charge in [-0.3, -0.25) is 0 Å². The number of hydrogen-bond donors (Lipinski definition) is 1. The molecule has 0 bridgehead atoms. The second-order valence-electron chi connectivity index (χ2n) is 3.99. The SMILES string of the molecule is Clc1ccc2c(c1)OC[C@@]21COCCN1. The van der Waals surface area contributed by atoms with Gasteiger partial charge < -0.3 is 14.8 Å². The molecule has 1 saturated heterocycles. The van der Waals surface area contributed by atoms with Crippen LogP contribution >= 0.6 is 11.6 Å². The van der Waals surface area contributed by atoms with Gasteiger partial charge in [-0.05, 0) is 12.1 Å². The van der Waals surface area contributed by atoms with Crippen LogP contribution in [0, 0.1) is 0 Å². The summed E-state index contributed by atoms with van der Waals surface area (Å²) >= 11 is 5.92. The predicted octanol–water partition coefficient (Wildman–Crippen LogP) is 1.55. The van der Waals surface area contributed by atoms with Gasteiger partial charge in [0.1, 0.15) is 17.9 Å². The predicted molar refractivity (Wildman–Crippen MR) is 57.4 cm³/mol. The largest absolute Gasteiger partial charge is 0.491 e. The Hall–Kier alpha value is -0.770. The standard InChI is InChI=1S/C11H12ClNO2/c12-8-1-2-9-10(5-8)15-7-11(9)6-14-4-3-13-11/h1-2,5,13H,3-4,6-7H2/t11-/m0/s1. The van der Waals surface area contributed by atoms with Crippen LogP contribution < -0.4 is 10.1 Å². The first-order valence-corrected chi connectivity index (χ1v) is 5.44. The molecule has 1 atom stereocenters. The molecule has 2 heterocycles. The molecule has 80 valence electrons. The molecule has 0 amide bonds. The molecule has 1 aromatic carbocycles. The van der Waals surface area contributed by atoms with Gasteiger partial charge in [-0.15, -0.1) is 0 Å². The van der Waals surface area contributed by atoms with Gasteiger partial charge in [-0.1, -0.05) is 17.7 Å². The van der Waals surface area contributed by atoms with Gasteiger partial charge in [-0.25, -0.2) is 0 Å². The number of rotatable bonds is 0. The highest BCUT2D eigenvalue weighted by atomic mass is 35.5. The van der Waals surface area contributed by atoms with Crippen LogP contribution in [0.1, 0.15) is 5.56 Å². The van der Waals surface area contributed by atoms with Crippen LogP contribution in [0.25, 0.3) is 0 Å². The normalized spacial score (nSPS) is 28.9. The van der Waals surface area contributed by atoms with Gasteiger partial charge in [0.05, 0.1) is 13.2 Å². The van der Waals surface area contributed by atoms with Gasteiger partial charge in [0.15, 0.2) is 0 Å². The fourth-order valence-electron chi connectivity index (χ4n) is 2.22. The molecule has 0 saturated carbocycles. The number of fused-ring (bicyclic) bond motifs is 2. The van der Waals surface area contributed by atoms with E-state index in [0.717, 1.165) is 24.5 Å². The summed E-state index contributed by atoms with van der Waals surface area (Å²) in [5, 5.41) is 4.19. The van der Waals surface area contributed by atoms with E-state index in [0.29, 0.717) is 18.2 Å². The fourth-order valence-corrected chi connectivity index (χ4v) is 2.38. The second-order valence-corrected chi connectivity index (χ2v) is 4.43. The second kappa shape index (κ2) is 3.37. The molecule has 0 aliphatic carbocycles. The quantitative estimate of drug-likeness (QED) is 0.727. The van der Waals surface area contributed by atoms with E-state index in [1.54, 1.807) is 0 Å². The summed E-state index contributed by atoms with van der Waals surface area (Å²) in [6.45, 7) is 2.93. The molecule has 1 spiro atoms. The van der Waals surface area contributed by atoms with Gasteiger partial charge >= 0.3 is 0 Å². The lowest BCUT2D eigenvalue weighted by Gasteiger charge is -2.33.